The fourth-order valence-corrected chi connectivity index (χ4v) is 4.91. The second-order valence-electron chi connectivity index (χ2n) is 5.13. The molecular weight excluding hydrogens is 272 g/mol. The average molecular weight is 288 g/mol. The Bertz CT molecular complexity index is 708. The molecule has 1 aliphatic rings. The van der Waals surface area contributed by atoms with Gasteiger partial charge in [-0.05, 0) is 17.2 Å². The molecule has 0 bridgehead atoms. The maximum atomic E-state index is 12.2. The molecule has 20 heavy (non-hydrogen) atoms. The zero-order valence-electron chi connectivity index (χ0n) is 10.9. The van der Waals surface area contributed by atoms with E-state index in [9.17, 15) is 13.5 Å². The lowest BCUT2D eigenvalue weighted by Gasteiger charge is -2.21. The van der Waals surface area contributed by atoms with Gasteiger partial charge in [0.1, 0.15) is 0 Å². The average Bonchev–Trinajstić information content (AvgIpc) is 2.74. The third-order valence-electron chi connectivity index (χ3n) is 3.96. The number of rotatable bonds is 3. The van der Waals surface area contributed by atoms with Crippen molar-refractivity contribution < 1.29 is 13.5 Å². The van der Waals surface area contributed by atoms with Crippen LogP contribution in [-0.2, 0) is 9.84 Å². The van der Waals surface area contributed by atoms with Crippen LogP contribution in [0.2, 0.25) is 0 Å². The van der Waals surface area contributed by atoms with Crippen LogP contribution in [0, 0.1) is 0 Å². The zero-order chi connectivity index (χ0) is 14.2. The van der Waals surface area contributed by atoms with Crippen LogP contribution in [0.3, 0.4) is 0 Å². The monoisotopic (exact) mass is 288 g/mol. The molecule has 0 saturated heterocycles. The Kier molecular flexibility index (Phi) is 3.36. The molecule has 0 spiro atoms. The molecule has 0 radical (unpaired) electrons. The lowest BCUT2D eigenvalue weighted by atomic mass is 9.83. The summed E-state index contributed by atoms with van der Waals surface area (Å²) in [7, 11) is -3.23. The topological polar surface area (TPSA) is 54.4 Å². The summed E-state index contributed by atoms with van der Waals surface area (Å²) in [6.45, 7) is -0.0570. The van der Waals surface area contributed by atoms with Crippen LogP contribution in [0.25, 0.3) is 0 Å². The van der Waals surface area contributed by atoms with E-state index in [1.54, 1.807) is 12.1 Å². The molecular formula is C16H16O3S. The van der Waals surface area contributed by atoms with E-state index in [0.717, 1.165) is 11.1 Å². The van der Waals surface area contributed by atoms with Crippen molar-refractivity contribution in [1.29, 1.82) is 0 Å². The SMILES string of the molecule is O=S1(=O)CC(C(CO)c2ccccc2)c2ccccc21. The molecule has 1 aliphatic heterocycles. The largest absolute Gasteiger partial charge is 0.396 e. The lowest BCUT2D eigenvalue weighted by molar-refractivity contribution is 0.252. The van der Waals surface area contributed by atoms with E-state index in [-0.39, 0.29) is 24.2 Å². The normalized spacial score (nSPS) is 21.4. The fourth-order valence-electron chi connectivity index (χ4n) is 2.98. The summed E-state index contributed by atoms with van der Waals surface area (Å²) < 4.78 is 24.5. The molecule has 3 rings (SSSR count). The molecule has 2 aromatic rings. The summed E-state index contributed by atoms with van der Waals surface area (Å²) in [6.07, 6.45) is 0. The Morgan fingerprint density at radius 1 is 1.05 bits per heavy atom. The number of aliphatic hydroxyl groups excluding tert-OH is 1. The third kappa shape index (κ3) is 2.15. The smallest absolute Gasteiger partial charge is 0.179 e. The van der Waals surface area contributed by atoms with Gasteiger partial charge in [-0.25, -0.2) is 8.42 Å². The van der Waals surface area contributed by atoms with Crippen LogP contribution >= 0.6 is 0 Å². The molecule has 0 aromatic heterocycles. The van der Waals surface area contributed by atoms with Crippen molar-refractivity contribution in [3.63, 3.8) is 0 Å². The van der Waals surface area contributed by atoms with Crippen molar-refractivity contribution >= 4 is 9.84 Å². The number of benzene rings is 2. The lowest BCUT2D eigenvalue weighted by Crippen LogP contribution is -2.17. The maximum Gasteiger partial charge on any atom is 0.179 e. The van der Waals surface area contributed by atoms with Gasteiger partial charge in [-0.2, -0.15) is 0 Å². The standard InChI is InChI=1S/C16H16O3S/c17-10-14(12-6-2-1-3-7-12)15-11-20(18,19)16-9-5-4-8-13(15)16/h1-9,14-15,17H,10-11H2. The molecule has 4 heteroatoms. The van der Waals surface area contributed by atoms with Gasteiger partial charge in [0, 0.05) is 11.8 Å². The van der Waals surface area contributed by atoms with Crippen LogP contribution in [0.5, 0.6) is 0 Å². The van der Waals surface area contributed by atoms with Gasteiger partial charge in [0.15, 0.2) is 9.84 Å². The van der Waals surface area contributed by atoms with E-state index in [4.69, 9.17) is 0 Å². The third-order valence-corrected chi connectivity index (χ3v) is 5.80. The highest BCUT2D eigenvalue weighted by Gasteiger charge is 2.38. The number of hydrogen-bond donors (Lipinski definition) is 1. The molecule has 2 atom stereocenters. The second-order valence-corrected chi connectivity index (χ2v) is 7.13. The van der Waals surface area contributed by atoms with Gasteiger partial charge in [-0.15, -0.1) is 0 Å². The van der Waals surface area contributed by atoms with E-state index in [1.807, 2.05) is 42.5 Å². The van der Waals surface area contributed by atoms with Crippen molar-refractivity contribution in [1.82, 2.24) is 0 Å². The van der Waals surface area contributed by atoms with Crippen molar-refractivity contribution in [3.05, 3.63) is 65.7 Å². The first kappa shape index (κ1) is 13.3. The summed E-state index contributed by atoms with van der Waals surface area (Å²) in [5.74, 6) is -0.287. The van der Waals surface area contributed by atoms with Gasteiger partial charge in [0.05, 0.1) is 17.3 Å². The van der Waals surface area contributed by atoms with E-state index in [1.165, 1.54) is 0 Å². The number of aliphatic hydroxyl groups is 1. The van der Waals surface area contributed by atoms with Crippen molar-refractivity contribution in [2.24, 2.45) is 0 Å². The summed E-state index contributed by atoms with van der Waals surface area (Å²) in [5.41, 5.74) is 1.81. The van der Waals surface area contributed by atoms with Gasteiger partial charge in [0.25, 0.3) is 0 Å². The minimum Gasteiger partial charge on any atom is -0.396 e. The molecule has 3 nitrogen and oxygen atoms in total. The number of fused-ring (bicyclic) bond motifs is 1. The Morgan fingerprint density at radius 3 is 2.40 bits per heavy atom. The van der Waals surface area contributed by atoms with Gasteiger partial charge < -0.3 is 5.11 Å². The Labute approximate surface area is 118 Å². The minimum atomic E-state index is -3.23. The summed E-state index contributed by atoms with van der Waals surface area (Å²) in [4.78, 5) is 0.416. The summed E-state index contributed by atoms with van der Waals surface area (Å²) in [5, 5.41) is 9.74. The summed E-state index contributed by atoms with van der Waals surface area (Å²) in [6, 6.07) is 16.7. The van der Waals surface area contributed by atoms with Crippen LogP contribution in [0.1, 0.15) is 23.0 Å². The summed E-state index contributed by atoms with van der Waals surface area (Å²) >= 11 is 0. The highest BCUT2D eigenvalue weighted by atomic mass is 32.2. The maximum absolute atomic E-state index is 12.2. The van der Waals surface area contributed by atoms with Crippen molar-refractivity contribution in [2.45, 2.75) is 16.7 Å². The van der Waals surface area contributed by atoms with Crippen LogP contribution in [-0.4, -0.2) is 25.9 Å². The fraction of sp³-hybridized carbons (Fsp3) is 0.250. The van der Waals surface area contributed by atoms with E-state index in [0.29, 0.717) is 4.90 Å². The van der Waals surface area contributed by atoms with Crippen molar-refractivity contribution in [3.8, 4) is 0 Å². The highest BCUT2D eigenvalue weighted by Crippen LogP contribution is 2.42. The molecule has 0 amide bonds. The van der Waals surface area contributed by atoms with Crippen LogP contribution in [0.4, 0.5) is 0 Å². The Hall–Kier alpha value is -1.65. The number of hydrogen-bond acceptors (Lipinski definition) is 3. The van der Waals surface area contributed by atoms with Gasteiger partial charge in [-0.3, -0.25) is 0 Å². The zero-order valence-corrected chi connectivity index (χ0v) is 11.8. The predicted octanol–water partition coefficient (Wildman–Crippen LogP) is 2.33. The molecule has 2 unspecified atom stereocenters. The van der Waals surface area contributed by atoms with E-state index >= 15 is 0 Å². The molecule has 0 aliphatic carbocycles. The van der Waals surface area contributed by atoms with E-state index in [2.05, 4.69) is 0 Å². The van der Waals surface area contributed by atoms with E-state index < -0.39 is 9.84 Å². The quantitative estimate of drug-likeness (QED) is 0.943. The Balaban J connectivity index is 2.08. The van der Waals surface area contributed by atoms with Gasteiger partial charge in [0.2, 0.25) is 0 Å². The molecule has 0 fully saturated rings. The second kappa shape index (κ2) is 5.04. The van der Waals surface area contributed by atoms with Gasteiger partial charge in [-0.1, -0.05) is 48.5 Å². The first-order valence-electron chi connectivity index (χ1n) is 6.61. The van der Waals surface area contributed by atoms with Crippen LogP contribution < -0.4 is 0 Å². The highest BCUT2D eigenvalue weighted by molar-refractivity contribution is 7.91. The first-order valence-corrected chi connectivity index (χ1v) is 8.26. The van der Waals surface area contributed by atoms with Crippen LogP contribution in [0.15, 0.2) is 59.5 Å². The first-order chi connectivity index (χ1) is 9.63. The predicted molar refractivity (Wildman–Crippen MR) is 77.5 cm³/mol. The van der Waals surface area contributed by atoms with Gasteiger partial charge >= 0.3 is 0 Å². The number of sulfone groups is 1. The molecule has 0 saturated carbocycles. The minimum absolute atomic E-state index is 0.0570. The Morgan fingerprint density at radius 2 is 1.70 bits per heavy atom. The molecule has 1 heterocycles. The molecule has 2 aromatic carbocycles. The molecule has 104 valence electrons. The van der Waals surface area contributed by atoms with Crippen molar-refractivity contribution in [2.75, 3.05) is 12.4 Å². The molecule has 1 N–H and O–H groups in total.